The van der Waals surface area contributed by atoms with Crippen molar-refractivity contribution in [3.63, 3.8) is 0 Å². The van der Waals surface area contributed by atoms with Crippen molar-refractivity contribution in [1.29, 1.82) is 0 Å². The van der Waals surface area contributed by atoms with Crippen LogP contribution in [0.2, 0.25) is 0 Å². The Morgan fingerprint density at radius 2 is 1.00 bits per heavy atom. The van der Waals surface area contributed by atoms with Gasteiger partial charge < -0.3 is 0 Å². The molecule has 0 aliphatic carbocycles. The second-order valence-corrected chi connectivity index (χ2v) is 16.6. The maximum absolute atomic E-state index is 7.36. The average Bonchev–Trinajstić information content (AvgIpc) is 2.73. The average molecular weight is 509 g/mol. The van der Waals surface area contributed by atoms with E-state index in [0.717, 1.165) is 12.7 Å². The Kier molecular flexibility index (Phi) is 8.20. The van der Waals surface area contributed by atoms with Crippen molar-refractivity contribution in [2.45, 2.75) is 78.6 Å². The van der Waals surface area contributed by atoms with Gasteiger partial charge in [0.2, 0.25) is 0 Å². The summed E-state index contributed by atoms with van der Waals surface area (Å²) in [6, 6.07) is 26.4. The molecule has 3 aromatic carbocycles. The third kappa shape index (κ3) is 6.40. The van der Waals surface area contributed by atoms with Gasteiger partial charge in [-0.1, -0.05) is 147 Å². The highest BCUT2D eigenvalue weighted by Gasteiger charge is 2.29. The van der Waals surface area contributed by atoms with Crippen molar-refractivity contribution >= 4 is 48.1 Å². The number of rotatable bonds is 4. The molecule has 0 nitrogen and oxygen atoms in total. The lowest BCUT2D eigenvalue weighted by atomic mass is 9.75. The Bertz CT molecular complexity index is 1070. The molecule has 34 heavy (non-hydrogen) atoms. The van der Waals surface area contributed by atoms with Gasteiger partial charge in [-0.2, -0.15) is 0 Å². The molecule has 0 saturated heterocycles. The third-order valence-corrected chi connectivity index (χ3v) is 10.6. The lowest BCUT2D eigenvalue weighted by Gasteiger charge is -2.33. The Morgan fingerprint density at radius 3 is 1.32 bits per heavy atom. The van der Waals surface area contributed by atoms with E-state index in [0.29, 0.717) is 0 Å². The quantitative estimate of drug-likeness (QED) is 0.309. The molecular formula is C31H39ClP2. The van der Waals surface area contributed by atoms with Crippen molar-refractivity contribution < 1.29 is 0 Å². The first-order chi connectivity index (χ1) is 15.7. The number of halogens is 1. The summed E-state index contributed by atoms with van der Waals surface area (Å²) in [4.78, 5) is 0. The highest BCUT2D eigenvalue weighted by atomic mass is 35.5. The second-order valence-electron chi connectivity index (χ2n) is 12.1. The number of hydrogen-bond acceptors (Lipinski definition) is 0. The van der Waals surface area contributed by atoms with E-state index in [-0.39, 0.29) is 16.2 Å². The molecule has 0 aliphatic rings. The van der Waals surface area contributed by atoms with Gasteiger partial charge in [0, 0.05) is 13.2 Å². The summed E-state index contributed by atoms with van der Waals surface area (Å²) in [5.41, 5.74) is 4.32. The zero-order valence-electron chi connectivity index (χ0n) is 22.2. The molecule has 0 amide bonds. The Morgan fingerprint density at radius 1 is 0.618 bits per heavy atom. The van der Waals surface area contributed by atoms with E-state index in [2.05, 4.69) is 135 Å². The minimum atomic E-state index is -0.793. The fourth-order valence-corrected chi connectivity index (χ4v) is 9.11. The maximum atomic E-state index is 7.36. The predicted octanol–water partition coefficient (Wildman–Crippen LogP) is 8.61. The molecule has 0 bridgehead atoms. The van der Waals surface area contributed by atoms with Crippen molar-refractivity contribution in [2.24, 2.45) is 0 Å². The van der Waals surface area contributed by atoms with E-state index in [9.17, 15) is 0 Å². The van der Waals surface area contributed by atoms with Gasteiger partial charge in [0.25, 0.3) is 0 Å². The summed E-state index contributed by atoms with van der Waals surface area (Å²) in [5, 5.41) is 3.96. The first kappa shape index (κ1) is 27.1. The molecule has 180 valence electrons. The molecule has 0 spiro atoms. The van der Waals surface area contributed by atoms with Crippen LogP contribution in [0.3, 0.4) is 0 Å². The van der Waals surface area contributed by atoms with Gasteiger partial charge in [0.05, 0.1) is 4.49 Å². The van der Waals surface area contributed by atoms with E-state index in [1.807, 2.05) is 0 Å². The summed E-state index contributed by atoms with van der Waals surface area (Å²) in [5.74, 6) is 0. The normalized spacial score (nSPS) is 13.4. The van der Waals surface area contributed by atoms with E-state index in [1.165, 1.54) is 32.6 Å². The first-order valence-electron chi connectivity index (χ1n) is 12.0. The molecule has 0 N–H and O–H groups in total. The molecular weight excluding hydrogens is 470 g/mol. The molecule has 3 heteroatoms. The van der Waals surface area contributed by atoms with Crippen LogP contribution < -0.4 is 15.9 Å². The summed E-state index contributed by atoms with van der Waals surface area (Å²) < 4.78 is 1.01. The van der Waals surface area contributed by atoms with Crippen LogP contribution in [0.4, 0.5) is 0 Å². The summed E-state index contributed by atoms with van der Waals surface area (Å²) in [6.45, 7) is 20.9. The lowest BCUT2D eigenvalue weighted by molar-refractivity contribution is 0.554. The van der Waals surface area contributed by atoms with Gasteiger partial charge in [0.15, 0.2) is 0 Å². The molecule has 0 radical (unpaired) electrons. The topological polar surface area (TPSA) is 0 Å². The third-order valence-electron chi connectivity index (χ3n) is 6.01. The van der Waals surface area contributed by atoms with Gasteiger partial charge in [-0.3, -0.25) is 0 Å². The largest absolute Gasteiger partial charge is 0.0778 e. The lowest BCUT2D eigenvalue weighted by Crippen LogP contribution is -2.30. The number of hydrogen-bond donors (Lipinski definition) is 0. The Hall–Kier alpha value is -1.45. The van der Waals surface area contributed by atoms with Crippen LogP contribution in [-0.2, 0) is 16.2 Å². The van der Waals surface area contributed by atoms with Crippen LogP contribution in [0, 0.1) is 0 Å². The number of benzene rings is 3. The van der Waals surface area contributed by atoms with Crippen LogP contribution in [0.1, 0.15) is 79.0 Å². The van der Waals surface area contributed by atoms with Crippen LogP contribution in [-0.4, -0.2) is 4.49 Å². The molecule has 3 aromatic rings. The van der Waals surface area contributed by atoms with E-state index >= 15 is 0 Å². The minimum absolute atomic E-state index is 0.0169. The van der Waals surface area contributed by atoms with Gasteiger partial charge in [-0.15, -0.1) is 0 Å². The smallest absolute Gasteiger partial charge is 0.0775 e. The molecule has 0 aliphatic heterocycles. The molecule has 0 atom stereocenters. The Labute approximate surface area is 215 Å². The highest BCUT2D eigenvalue weighted by molar-refractivity contribution is 8.00. The van der Waals surface area contributed by atoms with Gasteiger partial charge in [-0.25, -0.2) is 0 Å². The van der Waals surface area contributed by atoms with E-state index in [4.69, 9.17) is 11.6 Å². The zero-order valence-corrected chi connectivity index (χ0v) is 24.7. The standard InChI is InChI=1S/C31H39ClP2/c1-29(2,3)22-20-25(30(4,5)6)27(26(21-22)31(7,8)9)33-28(32)34(23-16-12-10-13-17-23)24-18-14-11-15-19-24/h10-21H,1-9H3. The zero-order chi connectivity index (χ0) is 25.3. The summed E-state index contributed by atoms with van der Waals surface area (Å²) in [6.07, 6.45) is 0. The fourth-order valence-electron chi connectivity index (χ4n) is 3.99. The second kappa shape index (κ2) is 10.3. The molecule has 0 unspecified atom stereocenters. The van der Waals surface area contributed by atoms with Crippen LogP contribution >= 0.6 is 27.7 Å². The van der Waals surface area contributed by atoms with Crippen LogP contribution in [0.5, 0.6) is 0 Å². The van der Waals surface area contributed by atoms with Crippen LogP contribution in [0.15, 0.2) is 72.8 Å². The SMILES string of the molecule is CC(C)(C)c1cc(C(C)(C)C)c(P=C(Cl)P(c2ccccc2)c2ccccc2)c(C(C)(C)C)c1. The molecule has 0 saturated carbocycles. The first-order valence-corrected chi connectivity index (χ1v) is 14.6. The molecule has 0 aromatic heterocycles. The highest BCUT2D eigenvalue weighted by Crippen LogP contribution is 2.43. The summed E-state index contributed by atoms with van der Waals surface area (Å²) >= 11 is 7.36. The van der Waals surface area contributed by atoms with Crippen molar-refractivity contribution in [1.82, 2.24) is 0 Å². The van der Waals surface area contributed by atoms with Crippen molar-refractivity contribution in [2.75, 3.05) is 0 Å². The monoisotopic (exact) mass is 508 g/mol. The summed E-state index contributed by atoms with van der Waals surface area (Å²) in [7, 11) is 0.319. The van der Waals surface area contributed by atoms with Crippen molar-refractivity contribution in [3.8, 4) is 0 Å². The van der Waals surface area contributed by atoms with Gasteiger partial charge >= 0.3 is 0 Å². The van der Waals surface area contributed by atoms with Crippen molar-refractivity contribution in [3.05, 3.63) is 89.5 Å². The molecule has 0 heterocycles. The van der Waals surface area contributed by atoms with E-state index < -0.39 is 7.92 Å². The van der Waals surface area contributed by atoms with Gasteiger partial charge in [-0.05, 0) is 51.7 Å². The fraction of sp³-hybridized carbons (Fsp3) is 0.387. The maximum Gasteiger partial charge on any atom is 0.0775 e. The molecule has 3 rings (SSSR count). The van der Waals surface area contributed by atoms with E-state index in [1.54, 1.807) is 0 Å². The van der Waals surface area contributed by atoms with Gasteiger partial charge in [0.1, 0.15) is 0 Å². The minimum Gasteiger partial charge on any atom is -0.0778 e. The van der Waals surface area contributed by atoms with Crippen LogP contribution in [0.25, 0.3) is 0 Å². The molecule has 0 fully saturated rings. The predicted molar refractivity (Wildman–Crippen MR) is 159 cm³/mol. The Balaban J connectivity index is 2.33.